The van der Waals surface area contributed by atoms with Crippen LogP contribution in [0.1, 0.15) is 20.8 Å². The van der Waals surface area contributed by atoms with Gasteiger partial charge in [0.25, 0.3) is 11.8 Å². The number of carbonyl (C=O) groups excluding carboxylic acids is 2. The largest absolute Gasteiger partial charge is 0.439 e. The van der Waals surface area contributed by atoms with Crippen molar-refractivity contribution in [1.82, 2.24) is 24.9 Å². The van der Waals surface area contributed by atoms with Crippen LogP contribution in [0.15, 0.2) is 79.1 Å². The maximum atomic E-state index is 12.7. The lowest BCUT2D eigenvalue weighted by Crippen LogP contribution is -2.15. The second-order valence-electron chi connectivity index (χ2n) is 6.91. The topological polar surface area (TPSA) is 138 Å². The third-order valence-electron chi connectivity index (χ3n) is 4.64. The van der Waals surface area contributed by atoms with Gasteiger partial charge in [0, 0.05) is 18.5 Å². The zero-order chi connectivity index (χ0) is 22.6. The van der Waals surface area contributed by atoms with Gasteiger partial charge in [0.15, 0.2) is 0 Å². The van der Waals surface area contributed by atoms with E-state index in [0.29, 0.717) is 28.3 Å². The first-order valence-electron chi connectivity index (χ1n) is 9.96. The number of rotatable bonds is 6. The highest BCUT2D eigenvalue weighted by molar-refractivity contribution is 6.11. The van der Waals surface area contributed by atoms with E-state index in [4.69, 9.17) is 4.74 Å². The van der Waals surface area contributed by atoms with Gasteiger partial charge in [-0.3, -0.25) is 20.2 Å². The standard InChI is InChI=1S/C23H17N7O3/c31-20(29-22-24-12-13-25-22)15-8-4-9-16-19(15)28-23(27-16)30-21(32)17-10-5-11-18(26-17)33-14-6-2-1-3-7-14/h1-13H,(H2,24,25,29,31)(H2,27,28,30,32). The summed E-state index contributed by atoms with van der Waals surface area (Å²) in [5.41, 5.74) is 1.48. The van der Waals surface area contributed by atoms with Gasteiger partial charge in [-0.1, -0.05) is 30.3 Å². The van der Waals surface area contributed by atoms with Crippen LogP contribution in [0.2, 0.25) is 0 Å². The van der Waals surface area contributed by atoms with E-state index in [1.165, 1.54) is 6.20 Å². The van der Waals surface area contributed by atoms with Crippen molar-refractivity contribution in [2.45, 2.75) is 0 Å². The summed E-state index contributed by atoms with van der Waals surface area (Å²) < 4.78 is 5.69. The number of nitrogens with one attached hydrogen (secondary N) is 4. The van der Waals surface area contributed by atoms with Gasteiger partial charge >= 0.3 is 0 Å². The first-order valence-corrected chi connectivity index (χ1v) is 9.96. The molecule has 2 amide bonds. The molecule has 3 heterocycles. The van der Waals surface area contributed by atoms with E-state index in [1.54, 1.807) is 54.7 Å². The number of ether oxygens (including phenoxy) is 1. The van der Waals surface area contributed by atoms with Gasteiger partial charge in [-0.15, -0.1) is 0 Å². The number of nitrogens with zero attached hydrogens (tertiary/aromatic N) is 3. The smallest absolute Gasteiger partial charge is 0.276 e. The molecule has 2 aromatic carbocycles. The van der Waals surface area contributed by atoms with Crippen LogP contribution in [-0.2, 0) is 0 Å². The molecule has 0 atom stereocenters. The summed E-state index contributed by atoms with van der Waals surface area (Å²) >= 11 is 0. The predicted molar refractivity (Wildman–Crippen MR) is 121 cm³/mol. The minimum absolute atomic E-state index is 0.152. The summed E-state index contributed by atoms with van der Waals surface area (Å²) in [5, 5.41) is 5.34. The lowest BCUT2D eigenvalue weighted by Gasteiger charge is -2.06. The van der Waals surface area contributed by atoms with Crippen molar-refractivity contribution >= 4 is 34.7 Å². The van der Waals surface area contributed by atoms with Crippen LogP contribution in [-0.4, -0.2) is 36.7 Å². The fraction of sp³-hybridized carbons (Fsp3) is 0. The molecule has 0 aliphatic rings. The van der Waals surface area contributed by atoms with E-state index in [0.717, 1.165) is 0 Å². The number of pyridine rings is 1. The van der Waals surface area contributed by atoms with Crippen molar-refractivity contribution in [2.75, 3.05) is 10.6 Å². The maximum Gasteiger partial charge on any atom is 0.276 e. The van der Waals surface area contributed by atoms with E-state index in [2.05, 4.69) is 35.6 Å². The molecule has 4 N–H and O–H groups in total. The molecular weight excluding hydrogens is 422 g/mol. The van der Waals surface area contributed by atoms with E-state index in [9.17, 15) is 9.59 Å². The minimum atomic E-state index is -0.478. The third kappa shape index (κ3) is 4.39. The molecule has 0 radical (unpaired) electrons. The number of fused-ring (bicyclic) bond motifs is 1. The summed E-state index contributed by atoms with van der Waals surface area (Å²) in [6.45, 7) is 0. The number of amides is 2. The molecule has 0 spiro atoms. The van der Waals surface area contributed by atoms with E-state index >= 15 is 0 Å². The van der Waals surface area contributed by atoms with Crippen LogP contribution in [0.25, 0.3) is 11.0 Å². The quantitative estimate of drug-likeness (QED) is 0.316. The number of imidazole rings is 2. The van der Waals surface area contributed by atoms with Crippen molar-refractivity contribution in [3.63, 3.8) is 0 Å². The molecular formula is C23H17N7O3. The second-order valence-corrected chi connectivity index (χ2v) is 6.91. The summed E-state index contributed by atoms with van der Waals surface area (Å²) in [4.78, 5) is 43.8. The van der Waals surface area contributed by atoms with Crippen LogP contribution >= 0.6 is 0 Å². The highest BCUT2D eigenvalue weighted by Crippen LogP contribution is 2.21. The number of hydrogen-bond acceptors (Lipinski definition) is 6. The number of hydrogen-bond donors (Lipinski definition) is 4. The van der Waals surface area contributed by atoms with Gasteiger partial charge in [-0.2, -0.15) is 0 Å². The molecule has 0 bridgehead atoms. The molecule has 0 unspecified atom stereocenters. The first-order chi connectivity index (χ1) is 16.2. The summed E-state index contributed by atoms with van der Waals surface area (Å²) in [7, 11) is 0. The molecule has 10 heteroatoms. The van der Waals surface area contributed by atoms with Crippen molar-refractivity contribution in [3.05, 3.63) is 90.4 Å². The Bertz CT molecular complexity index is 1430. The summed E-state index contributed by atoms with van der Waals surface area (Å²) in [5.74, 6) is 0.547. The zero-order valence-corrected chi connectivity index (χ0v) is 17.1. The van der Waals surface area contributed by atoms with Crippen molar-refractivity contribution in [3.8, 4) is 11.6 Å². The highest BCUT2D eigenvalue weighted by Gasteiger charge is 2.17. The monoisotopic (exact) mass is 439 g/mol. The number of H-pyrrole nitrogens is 2. The molecule has 5 rings (SSSR count). The first kappa shape index (κ1) is 19.9. The van der Waals surface area contributed by atoms with E-state index in [1.807, 2.05) is 18.2 Å². The average molecular weight is 439 g/mol. The highest BCUT2D eigenvalue weighted by atomic mass is 16.5. The molecule has 0 aliphatic carbocycles. The Kier molecular flexibility index (Phi) is 5.22. The van der Waals surface area contributed by atoms with Gasteiger partial charge in [0.05, 0.1) is 11.1 Å². The Hall–Kier alpha value is -4.99. The van der Waals surface area contributed by atoms with Gasteiger partial charge < -0.3 is 14.7 Å². The molecule has 3 aromatic heterocycles. The number of aromatic nitrogens is 5. The Morgan fingerprint density at radius 1 is 0.818 bits per heavy atom. The Morgan fingerprint density at radius 3 is 2.45 bits per heavy atom. The predicted octanol–water partition coefficient (Wildman–Crippen LogP) is 3.98. The summed E-state index contributed by atoms with van der Waals surface area (Å²) in [6.07, 6.45) is 3.14. The molecule has 33 heavy (non-hydrogen) atoms. The molecule has 0 saturated carbocycles. The van der Waals surface area contributed by atoms with Gasteiger partial charge in [-0.25, -0.2) is 15.0 Å². The van der Waals surface area contributed by atoms with Crippen LogP contribution in [0.4, 0.5) is 11.9 Å². The number of aromatic amines is 2. The number of para-hydroxylation sites is 2. The number of benzene rings is 2. The number of carbonyl (C=O) groups is 2. The Morgan fingerprint density at radius 2 is 1.64 bits per heavy atom. The SMILES string of the molecule is O=C(Nc1nc2c(C(=O)Nc3ncc[nH]3)cccc2[nH]1)c1cccc(Oc2ccccc2)n1. The Balaban J connectivity index is 1.34. The van der Waals surface area contributed by atoms with E-state index in [-0.39, 0.29) is 23.4 Å². The van der Waals surface area contributed by atoms with Crippen LogP contribution < -0.4 is 15.4 Å². The number of anilines is 2. The molecule has 162 valence electrons. The Labute approximate surface area is 187 Å². The fourth-order valence-electron chi connectivity index (χ4n) is 3.16. The molecule has 0 aliphatic heterocycles. The minimum Gasteiger partial charge on any atom is -0.439 e. The zero-order valence-electron chi connectivity index (χ0n) is 17.1. The van der Waals surface area contributed by atoms with Crippen molar-refractivity contribution < 1.29 is 14.3 Å². The van der Waals surface area contributed by atoms with Crippen LogP contribution in [0.5, 0.6) is 11.6 Å². The lowest BCUT2D eigenvalue weighted by atomic mass is 10.2. The van der Waals surface area contributed by atoms with Gasteiger partial charge in [0.1, 0.15) is 17.0 Å². The van der Waals surface area contributed by atoms with Crippen molar-refractivity contribution in [2.24, 2.45) is 0 Å². The second kappa shape index (κ2) is 8.63. The van der Waals surface area contributed by atoms with Crippen LogP contribution in [0, 0.1) is 0 Å². The van der Waals surface area contributed by atoms with Crippen LogP contribution in [0.3, 0.4) is 0 Å². The van der Waals surface area contributed by atoms with Gasteiger partial charge in [-0.05, 0) is 30.3 Å². The molecule has 10 nitrogen and oxygen atoms in total. The van der Waals surface area contributed by atoms with Gasteiger partial charge in [0.2, 0.25) is 17.8 Å². The lowest BCUT2D eigenvalue weighted by molar-refractivity contribution is 0.101. The molecule has 5 aromatic rings. The van der Waals surface area contributed by atoms with E-state index < -0.39 is 5.91 Å². The maximum absolute atomic E-state index is 12.7. The average Bonchev–Trinajstić information content (AvgIpc) is 3.49. The molecule has 0 fully saturated rings. The van der Waals surface area contributed by atoms with Crippen molar-refractivity contribution in [1.29, 1.82) is 0 Å². The third-order valence-corrected chi connectivity index (χ3v) is 4.64. The molecule has 0 saturated heterocycles. The fourth-order valence-corrected chi connectivity index (χ4v) is 3.16. The normalized spacial score (nSPS) is 10.7. The summed E-state index contributed by atoms with van der Waals surface area (Å²) in [6, 6.07) is 19.2.